The number of aliphatic hydroxyl groups is 1. The molecule has 3 unspecified atom stereocenters. The third kappa shape index (κ3) is 2.35. The van der Waals surface area contributed by atoms with Gasteiger partial charge in [-0.25, -0.2) is 0 Å². The van der Waals surface area contributed by atoms with Crippen molar-refractivity contribution >= 4 is 5.57 Å². The maximum Gasteiger partial charge on any atom is 0.0606 e. The Balaban J connectivity index is 2.36. The van der Waals surface area contributed by atoms with Crippen molar-refractivity contribution in [1.82, 2.24) is 0 Å². The second kappa shape index (κ2) is 4.84. The van der Waals surface area contributed by atoms with E-state index in [-0.39, 0.29) is 12.0 Å². The van der Waals surface area contributed by atoms with Crippen molar-refractivity contribution in [3.05, 3.63) is 42.0 Å². The van der Waals surface area contributed by atoms with E-state index >= 15 is 0 Å². The topological polar surface area (TPSA) is 20.2 Å². The van der Waals surface area contributed by atoms with Gasteiger partial charge in [-0.2, -0.15) is 0 Å². The van der Waals surface area contributed by atoms with Crippen LogP contribution in [0.3, 0.4) is 0 Å². The molecular formula is C15H20O. The smallest absolute Gasteiger partial charge is 0.0606 e. The van der Waals surface area contributed by atoms with Crippen molar-refractivity contribution in [2.75, 3.05) is 0 Å². The standard InChI is InChI=1S/C15H20O/c1-11-8-9-15(16)12(2)14(10-11)13-6-4-3-5-7-13/h3-7,10-12,15-16H,8-9H2,1-2H3. The normalized spacial score (nSPS) is 30.7. The predicted molar refractivity (Wildman–Crippen MR) is 68.0 cm³/mol. The van der Waals surface area contributed by atoms with Gasteiger partial charge in [-0.3, -0.25) is 0 Å². The lowest BCUT2D eigenvalue weighted by molar-refractivity contribution is 0.130. The predicted octanol–water partition coefficient (Wildman–Crippen LogP) is 3.50. The van der Waals surface area contributed by atoms with E-state index in [1.807, 2.05) is 6.07 Å². The Kier molecular flexibility index (Phi) is 3.45. The summed E-state index contributed by atoms with van der Waals surface area (Å²) in [6.45, 7) is 4.36. The van der Waals surface area contributed by atoms with Gasteiger partial charge in [0.25, 0.3) is 0 Å². The van der Waals surface area contributed by atoms with E-state index in [0.717, 1.165) is 12.8 Å². The van der Waals surface area contributed by atoms with Crippen LogP contribution in [0.2, 0.25) is 0 Å². The molecule has 0 spiro atoms. The van der Waals surface area contributed by atoms with Crippen LogP contribution in [-0.4, -0.2) is 11.2 Å². The van der Waals surface area contributed by atoms with Crippen LogP contribution in [0.4, 0.5) is 0 Å². The molecule has 0 fully saturated rings. The van der Waals surface area contributed by atoms with E-state index in [1.165, 1.54) is 11.1 Å². The summed E-state index contributed by atoms with van der Waals surface area (Å²) < 4.78 is 0. The van der Waals surface area contributed by atoms with Gasteiger partial charge in [0.05, 0.1) is 6.10 Å². The molecule has 1 heteroatoms. The molecular weight excluding hydrogens is 196 g/mol. The Labute approximate surface area is 97.8 Å². The van der Waals surface area contributed by atoms with Crippen LogP contribution >= 0.6 is 0 Å². The van der Waals surface area contributed by atoms with Crippen LogP contribution in [0.5, 0.6) is 0 Å². The molecule has 1 aliphatic rings. The number of allylic oxidation sites excluding steroid dienone is 1. The Bertz CT molecular complexity index is 366. The Hall–Kier alpha value is -1.08. The van der Waals surface area contributed by atoms with Gasteiger partial charge in [0.15, 0.2) is 0 Å². The zero-order chi connectivity index (χ0) is 11.5. The molecule has 0 bridgehead atoms. The minimum Gasteiger partial charge on any atom is -0.393 e. The van der Waals surface area contributed by atoms with Crippen molar-refractivity contribution in [3.8, 4) is 0 Å². The molecule has 0 radical (unpaired) electrons. The van der Waals surface area contributed by atoms with Crippen LogP contribution in [0.1, 0.15) is 32.3 Å². The summed E-state index contributed by atoms with van der Waals surface area (Å²) in [7, 11) is 0. The molecule has 1 aromatic carbocycles. The lowest BCUT2D eigenvalue weighted by atomic mass is 9.89. The molecule has 16 heavy (non-hydrogen) atoms. The fraction of sp³-hybridized carbons (Fsp3) is 0.467. The van der Waals surface area contributed by atoms with Gasteiger partial charge in [-0.05, 0) is 29.9 Å². The van der Waals surface area contributed by atoms with Gasteiger partial charge in [0.1, 0.15) is 0 Å². The molecule has 1 aromatic rings. The summed E-state index contributed by atoms with van der Waals surface area (Å²) in [6.07, 6.45) is 4.13. The molecule has 1 aliphatic carbocycles. The monoisotopic (exact) mass is 216 g/mol. The number of benzene rings is 1. The van der Waals surface area contributed by atoms with Crippen molar-refractivity contribution in [2.24, 2.45) is 11.8 Å². The second-order valence-corrected chi connectivity index (χ2v) is 4.90. The first-order chi connectivity index (χ1) is 7.68. The second-order valence-electron chi connectivity index (χ2n) is 4.90. The zero-order valence-electron chi connectivity index (χ0n) is 10.1. The Morgan fingerprint density at radius 1 is 1.06 bits per heavy atom. The molecule has 3 atom stereocenters. The average molecular weight is 216 g/mol. The lowest BCUT2D eigenvalue weighted by Crippen LogP contribution is -2.17. The summed E-state index contributed by atoms with van der Waals surface area (Å²) in [4.78, 5) is 0. The molecule has 0 amide bonds. The number of aliphatic hydroxyl groups excluding tert-OH is 1. The van der Waals surface area contributed by atoms with E-state index in [4.69, 9.17) is 0 Å². The SMILES string of the molecule is CC1C=C(c2ccccc2)C(C)C(O)CC1. The molecule has 0 saturated carbocycles. The van der Waals surface area contributed by atoms with E-state index in [2.05, 4.69) is 44.2 Å². The van der Waals surface area contributed by atoms with Crippen molar-refractivity contribution in [1.29, 1.82) is 0 Å². The summed E-state index contributed by atoms with van der Waals surface area (Å²) in [5, 5.41) is 10.1. The molecule has 1 N–H and O–H groups in total. The molecule has 0 aromatic heterocycles. The van der Waals surface area contributed by atoms with Gasteiger partial charge in [-0.15, -0.1) is 0 Å². The summed E-state index contributed by atoms with van der Waals surface area (Å²) in [5.41, 5.74) is 2.56. The van der Waals surface area contributed by atoms with Gasteiger partial charge in [0, 0.05) is 5.92 Å². The average Bonchev–Trinajstić information content (AvgIpc) is 2.44. The Morgan fingerprint density at radius 2 is 1.75 bits per heavy atom. The van der Waals surface area contributed by atoms with Crippen molar-refractivity contribution in [3.63, 3.8) is 0 Å². The highest BCUT2D eigenvalue weighted by molar-refractivity contribution is 5.68. The molecule has 0 aliphatic heterocycles. The first kappa shape index (κ1) is 11.4. The van der Waals surface area contributed by atoms with Crippen LogP contribution in [0.15, 0.2) is 36.4 Å². The van der Waals surface area contributed by atoms with E-state index in [9.17, 15) is 5.11 Å². The van der Waals surface area contributed by atoms with Gasteiger partial charge < -0.3 is 5.11 Å². The number of rotatable bonds is 1. The maximum atomic E-state index is 10.1. The van der Waals surface area contributed by atoms with Crippen LogP contribution < -0.4 is 0 Å². The maximum absolute atomic E-state index is 10.1. The minimum absolute atomic E-state index is 0.198. The van der Waals surface area contributed by atoms with Crippen molar-refractivity contribution in [2.45, 2.75) is 32.8 Å². The third-order valence-electron chi connectivity index (χ3n) is 3.56. The molecule has 2 rings (SSSR count). The lowest BCUT2D eigenvalue weighted by Gasteiger charge is -2.19. The zero-order valence-corrected chi connectivity index (χ0v) is 10.1. The molecule has 0 saturated heterocycles. The minimum atomic E-state index is -0.198. The quantitative estimate of drug-likeness (QED) is 0.761. The number of hydrogen-bond acceptors (Lipinski definition) is 1. The van der Waals surface area contributed by atoms with E-state index in [1.54, 1.807) is 0 Å². The molecule has 86 valence electrons. The first-order valence-corrected chi connectivity index (χ1v) is 6.13. The van der Waals surface area contributed by atoms with E-state index < -0.39 is 0 Å². The fourth-order valence-electron chi connectivity index (χ4n) is 2.42. The van der Waals surface area contributed by atoms with Crippen molar-refractivity contribution < 1.29 is 5.11 Å². The largest absolute Gasteiger partial charge is 0.393 e. The highest BCUT2D eigenvalue weighted by Gasteiger charge is 2.23. The molecule has 0 heterocycles. The van der Waals surface area contributed by atoms with E-state index in [0.29, 0.717) is 5.92 Å². The van der Waals surface area contributed by atoms with Gasteiger partial charge in [0.2, 0.25) is 0 Å². The summed E-state index contributed by atoms with van der Waals surface area (Å²) in [6, 6.07) is 10.4. The fourth-order valence-corrected chi connectivity index (χ4v) is 2.42. The highest BCUT2D eigenvalue weighted by Crippen LogP contribution is 2.33. The van der Waals surface area contributed by atoms with Gasteiger partial charge >= 0.3 is 0 Å². The first-order valence-electron chi connectivity index (χ1n) is 6.13. The van der Waals surface area contributed by atoms with Crippen LogP contribution in [0, 0.1) is 11.8 Å². The summed E-state index contributed by atoms with van der Waals surface area (Å²) >= 11 is 0. The highest BCUT2D eigenvalue weighted by atomic mass is 16.3. The van der Waals surface area contributed by atoms with Crippen LogP contribution in [-0.2, 0) is 0 Å². The van der Waals surface area contributed by atoms with Gasteiger partial charge in [-0.1, -0.05) is 50.3 Å². The summed E-state index contributed by atoms with van der Waals surface area (Å²) in [5.74, 6) is 0.808. The molecule has 1 nitrogen and oxygen atoms in total. The Morgan fingerprint density at radius 3 is 2.44 bits per heavy atom. The number of hydrogen-bond donors (Lipinski definition) is 1. The van der Waals surface area contributed by atoms with Crippen LogP contribution in [0.25, 0.3) is 5.57 Å². The third-order valence-corrected chi connectivity index (χ3v) is 3.56.